The summed E-state index contributed by atoms with van der Waals surface area (Å²) in [7, 11) is -2.30. The van der Waals surface area contributed by atoms with E-state index in [1.807, 2.05) is 6.07 Å². The van der Waals surface area contributed by atoms with E-state index in [2.05, 4.69) is 9.46 Å². The standard InChI is InChI=1S/C13H16N2O4S/c1-10-5-6-11(9-14)8-12(10)15-20(17,18)7-3-4-13(16)19-2/h5-6,8,15H,3-4,7H2,1-2H3. The molecule has 7 heteroatoms. The van der Waals surface area contributed by atoms with Crippen LogP contribution in [0.5, 0.6) is 0 Å². The highest BCUT2D eigenvalue weighted by molar-refractivity contribution is 7.92. The summed E-state index contributed by atoms with van der Waals surface area (Å²) < 4.78 is 30.6. The second kappa shape index (κ2) is 6.91. The lowest BCUT2D eigenvalue weighted by Crippen LogP contribution is -2.18. The summed E-state index contributed by atoms with van der Waals surface area (Å²) in [5.41, 5.74) is 1.48. The van der Waals surface area contributed by atoms with Crippen molar-refractivity contribution in [3.8, 4) is 6.07 Å². The van der Waals surface area contributed by atoms with Crippen LogP contribution in [-0.4, -0.2) is 27.2 Å². The molecule has 0 aliphatic carbocycles. The lowest BCUT2D eigenvalue weighted by Gasteiger charge is -2.10. The molecule has 1 aromatic rings. The number of esters is 1. The molecule has 6 nitrogen and oxygen atoms in total. The molecule has 0 unspecified atom stereocenters. The first kappa shape index (κ1) is 16.0. The van der Waals surface area contributed by atoms with Crippen molar-refractivity contribution in [1.82, 2.24) is 0 Å². The minimum Gasteiger partial charge on any atom is -0.469 e. The minimum atomic E-state index is -3.55. The number of nitriles is 1. The van der Waals surface area contributed by atoms with Gasteiger partial charge < -0.3 is 4.74 Å². The Morgan fingerprint density at radius 2 is 2.15 bits per heavy atom. The van der Waals surface area contributed by atoms with Gasteiger partial charge in [-0.1, -0.05) is 6.07 Å². The van der Waals surface area contributed by atoms with Gasteiger partial charge in [0.15, 0.2) is 0 Å². The van der Waals surface area contributed by atoms with Crippen LogP contribution in [0.4, 0.5) is 5.69 Å². The predicted molar refractivity (Wildman–Crippen MR) is 74.6 cm³/mol. The molecule has 0 radical (unpaired) electrons. The molecular formula is C13H16N2O4S. The fourth-order valence-electron chi connectivity index (χ4n) is 1.53. The quantitative estimate of drug-likeness (QED) is 0.804. The number of anilines is 1. The van der Waals surface area contributed by atoms with E-state index in [-0.39, 0.29) is 18.6 Å². The van der Waals surface area contributed by atoms with Crippen molar-refractivity contribution < 1.29 is 17.9 Å². The van der Waals surface area contributed by atoms with E-state index in [1.165, 1.54) is 13.2 Å². The average molecular weight is 296 g/mol. The van der Waals surface area contributed by atoms with Crippen molar-refractivity contribution in [3.05, 3.63) is 29.3 Å². The van der Waals surface area contributed by atoms with Crippen LogP contribution in [0, 0.1) is 18.3 Å². The second-order valence-corrected chi connectivity index (χ2v) is 6.08. The van der Waals surface area contributed by atoms with Gasteiger partial charge in [-0.05, 0) is 31.0 Å². The molecule has 1 aromatic carbocycles. The SMILES string of the molecule is COC(=O)CCCS(=O)(=O)Nc1cc(C#N)ccc1C. The topological polar surface area (TPSA) is 96.3 Å². The smallest absolute Gasteiger partial charge is 0.305 e. The summed E-state index contributed by atoms with van der Waals surface area (Å²) in [6, 6.07) is 6.72. The molecule has 0 bridgehead atoms. The fraction of sp³-hybridized carbons (Fsp3) is 0.385. The maximum Gasteiger partial charge on any atom is 0.305 e. The highest BCUT2D eigenvalue weighted by Gasteiger charge is 2.13. The molecule has 0 atom stereocenters. The first-order chi connectivity index (χ1) is 9.38. The van der Waals surface area contributed by atoms with Crippen LogP contribution < -0.4 is 4.72 Å². The Hall–Kier alpha value is -2.07. The number of aryl methyl sites for hydroxylation is 1. The maximum atomic E-state index is 11.9. The monoisotopic (exact) mass is 296 g/mol. The summed E-state index contributed by atoms with van der Waals surface area (Å²) in [5, 5.41) is 8.80. The van der Waals surface area contributed by atoms with Crippen molar-refractivity contribution in [1.29, 1.82) is 5.26 Å². The van der Waals surface area contributed by atoms with E-state index in [0.717, 1.165) is 5.56 Å². The molecule has 0 saturated heterocycles. The number of rotatable bonds is 6. The lowest BCUT2D eigenvalue weighted by molar-refractivity contribution is -0.140. The minimum absolute atomic E-state index is 0.0502. The zero-order valence-electron chi connectivity index (χ0n) is 11.3. The van der Waals surface area contributed by atoms with Gasteiger partial charge in [0, 0.05) is 6.42 Å². The van der Waals surface area contributed by atoms with Gasteiger partial charge in [-0.25, -0.2) is 8.42 Å². The van der Waals surface area contributed by atoms with E-state index in [1.54, 1.807) is 19.1 Å². The van der Waals surface area contributed by atoms with Gasteiger partial charge in [-0.15, -0.1) is 0 Å². The van der Waals surface area contributed by atoms with Crippen LogP contribution in [-0.2, 0) is 19.6 Å². The number of nitrogens with one attached hydrogen (secondary N) is 1. The molecule has 108 valence electrons. The first-order valence-electron chi connectivity index (χ1n) is 5.96. The van der Waals surface area contributed by atoms with E-state index < -0.39 is 16.0 Å². The third-order valence-electron chi connectivity index (χ3n) is 2.65. The Morgan fingerprint density at radius 1 is 1.45 bits per heavy atom. The van der Waals surface area contributed by atoms with Crippen LogP contribution in [0.1, 0.15) is 24.0 Å². The van der Waals surface area contributed by atoms with E-state index in [9.17, 15) is 13.2 Å². The zero-order chi connectivity index (χ0) is 15.2. The number of nitrogens with zero attached hydrogens (tertiary/aromatic N) is 1. The lowest BCUT2D eigenvalue weighted by atomic mass is 10.1. The van der Waals surface area contributed by atoms with Gasteiger partial charge in [0.05, 0.1) is 30.2 Å². The normalized spacial score (nSPS) is 10.7. The van der Waals surface area contributed by atoms with Gasteiger partial charge >= 0.3 is 5.97 Å². The van der Waals surface area contributed by atoms with E-state index in [4.69, 9.17) is 5.26 Å². The largest absolute Gasteiger partial charge is 0.469 e. The number of benzene rings is 1. The molecule has 0 aliphatic heterocycles. The number of carbonyl (C=O) groups excluding carboxylic acids is 1. The Bertz CT molecular complexity index is 632. The van der Waals surface area contributed by atoms with Gasteiger partial charge in [0.25, 0.3) is 0 Å². The Labute approximate surface area is 118 Å². The van der Waals surface area contributed by atoms with E-state index >= 15 is 0 Å². The van der Waals surface area contributed by atoms with Crippen molar-refractivity contribution in [3.63, 3.8) is 0 Å². The van der Waals surface area contributed by atoms with Crippen LogP contribution in [0.15, 0.2) is 18.2 Å². The Morgan fingerprint density at radius 3 is 2.75 bits per heavy atom. The summed E-state index contributed by atoms with van der Waals surface area (Å²) in [6.07, 6.45) is 0.230. The zero-order valence-corrected chi connectivity index (χ0v) is 12.2. The molecule has 0 spiro atoms. The highest BCUT2D eigenvalue weighted by Crippen LogP contribution is 2.18. The number of sulfonamides is 1. The molecule has 0 amide bonds. The molecule has 0 aromatic heterocycles. The van der Waals surface area contributed by atoms with Gasteiger partial charge in [0.2, 0.25) is 10.0 Å². The molecule has 0 fully saturated rings. The number of methoxy groups -OCH3 is 1. The maximum absolute atomic E-state index is 11.9. The van der Waals surface area contributed by atoms with Crippen LogP contribution in [0.2, 0.25) is 0 Å². The highest BCUT2D eigenvalue weighted by atomic mass is 32.2. The van der Waals surface area contributed by atoms with Gasteiger partial charge in [-0.3, -0.25) is 9.52 Å². The van der Waals surface area contributed by atoms with Gasteiger partial charge in [0.1, 0.15) is 0 Å². The predicted octanol–water partition coefficient (Wildman–Crippen LogP) is 1.56. The van der Waals surface area contributed by atoms with Crippen LogP contribution >= 0.6 is 0 Å². The summed E-state index contributed by atoms with van der Waals surface area (Å²) in [6.45, 7) is 1.74. The van der Waals surface area contributed by atoms with Crippen molar-refractivity contribution >= 4 is 21.7 Å². The number of hydrogen-bond donors (Lipinski definition) is 1. The number of hydrogen-bond acceptors (Lipinski definition) is 5. The molecule has 1 N–H and O–H groups in total. The van der Waals surface area contributed by atoms with E-state index in [0.29, 0.717) is 11.3 Å². The molecule has 20 heavy (non-hydrogen) atoms. The van der Waals surface area contributed by atoms with Crippen LogP contribution in [0.25, 0.3) is 0 Å². The summed E-state index contributed by atoms with van der Waals surface area (Å²) >= 11 is 0. The van der Waals surface area contributed by atoms with Gasteiger partial charge in [-0.2, -0.15) is 5.26 Å². The third-order valence-corrected chi connectivity index (χ3v) is 4.01. The molecule has 0 heterocycles. The summed E-state index contributed by atoms with van der Waals surface area (Å²) in [4.78, 5) is 10.9. The molecular weight excluding hydrogens is 280 g/mol. The summed E-state index contributed by atoms with van der Waals surface area (Å²) in [5.74, 6) is -0.624. The number of ether oxygens (including phenoxy) is 1. The van der Waals surface area contributed by atoms with Crippen molar-refractivity contribution in [2.75, 3.05) is 17.6 Å². The van der Waals surface area contributed by atoms with Crippen molar-refractivity contribution in [2.24, 2.45) is 0 Å². The third kappa shape index (κ3) is 4.90. The number of carbonyl (C=O) groups is 1. The second-order valence-electron chi connectivity index (χ2n) is 4.24. The van der Waals surface area contributed by atoms with Crippen LogP contribution in [0.3, 0.4) is 0 Å². The Balaban J connectivity index is 2.71. The molecule has 1 rings (SSSR count). The first-order valence-corrected chi connectivity index (χ1v) is 7.61. The molecule has 0 saturated carbocycles. The fourth-order valence-corrected chi connectivity index (χ4v) is 2.71. The average Bonchev–Trinajstić information content (AvgIpc) is 2.40. The molecule has 0 aliphatic rings. The Kier molecular flexibility index (Phi) is 5.53. The van der Waals surface area contributed by atoms with Crippen molar-refractivity contribution in [2.45, 2.75) is 19.8 Å².